The van der Waals surface area contributed by atoms with E-state index in [9.17, 15) is 15.0 Å². The van der Waals surface area contributed by atoms with Crippen LogP contribution in [0.2, 0.25) is 0 Å². The van der Waals surface area contributed by atoms with Gasteiger partial charge in [-0.05, 0) is 25.3 Å². The predicted molar refractivity (Wildman–Crippen MR) is 94.4 cm³/mol. The number of ether oxygens (including phenoxy) is 1. The van der Waals surface area contributed by atoms with E-state index in [1.165, 1.54) is 0 Å². The first-order valence-electron chi connectivity index (χ1n) is 9.53. The lowest BCUT2D eigenvalue weighted by Gasteiger charge is -2.15. The van der Waals surface area contributed by atoms with Crippen molar-refractivity contribution in [1.82, 2.24) is 0 Å². The molecule has 136 valence electrons. The maximum absolute atomic E-state index is 12.6. The molecule has 0 aromatic heterocycles. The van der Waals surface area contributed by atoms with E-state index < -0.39 is 12.2 Å². The van der Waals surface area contributed by atoms with Gasteiger partial charge in [0.05, 0.1) is 18.1 Å². The molecule has 5 atom stereocenters. The van der Waals surface area contributed by atoms with Crippen LogP contribution in [0.4, 0.5) is 0 Å². The van der Waals surface area contributed by atoms with Gasteiger partial charge in [0.25, 0.3) is 0 Å². The molecule has 0 aromatic carbocycles. The zero-order valence-electron chi connectivity index (χ0n) is 15.0. The smallest absolute Gasteiger partial charge is 0.204 e. The molecule has 4 nitrogen and oxygen atoms in total. The van der Waals surface area contributed by atoms with Crippen LogP contribution in [0.15, 0.2) is 24.0 Å². The van der Waals surface area contributed by atoms with Crippen LogP contribution >= 0.6 is 0 Å². The molecule has 1 aliphatic carbocycles. The average molecular weight is 336 g/mol. The van der Waals surface area contributed by atoms with Crippen molar-refractivity contribution in [3.8, 4) is 0 Å². The largest absolute Gasteiger partial charge is 0.486 e. The first-order chi connectivity index (χ1) is 11.6. The second-order valence-corrected chi connectivity index (χ2v) is 7.09. The van der Waals surface area contributed by atoms with Crippen molar-refractivity contribution in [2.45, 2.75) is 83.5 Å². The zero-order chi connectivity index (χ0) is 17.5. The number of carbonyl (C=O) groups is 1. The van der Waals surface area contributed by atoms with Gasteiger partial charge in [0.15, 0.2) is 5.76 Å². The zero-order valence-corrected chi connectivity index (χ0v) is 15.0. The van der Waals surface area contributed by atoms with Crippen LogP contribution in [0.1, 0.15) is 65.2 Å². The SMILES string of the molecule is CCCCC=C1O[C@H]2C[C@@H](O)[C@H](C=C[C@@H](O)CCCCC)[C@H]2C1=O. The van der Waals surface area contributed by atoms with Gasteiger partial charge in [0.2, 0.25) is 5.78 Å². The van der Waals surface area contributed by atoms with E-state index in [-0.39, 0.29) is 23.7 Å². The molecule has 0 bridgehead atoms. The standard InChI is InChI=1S/C20H32O4/c1-3-5-7-9-14(21)11-12-15-16(22)13-18-19(15)20(23)17(24-18)10-8-6-4-2/h10-12,14-16,18-19,21-22H,3-9,13H2,1-2H3/t14-,15-,16+,18-,19+/m0/s1. The van der Waals surface area contributed by atoms with Crippen molar-refractivity contribution >= 4 is 5.78 Å². The molecular formula is C20H32O4. The van der Waals surface area contributed by atoms with Crippen molar-refractivity contribution in [3.63, 3.8) is 0 Å². The molecule has 0 spiro atoms. The Labute approximate surface area is 145 Å². The summed E-state index contributed by atoms with van der Waals surface area (Å²) in [6.45, 7) is 4.25. The third-order valence-corrected chi connectivity index (χ3v) is 5.10. The second-order valence-electron chi connectivity index (χ2n) is 7.09. The monoisotopic (exact) mass is 336 g/mol. The normalized spacial score (nSPS) is 32.5. The Morgan fingerprint density at radius 1 is 1.25 bits per heavy atom. The Morgan fingerprint density at radius 2 is 2.00 bits per heavy atom. The number of unbranched alkanes of at least 4 members (excludes halogenated alkanes) is 4. The van der Waals surface area contributed by atoms with E-state index in [0.717, 1.165) is 44.9 Å². The summed E-state index contributed by atoms with van der Waals surface area (Å²) < 4.78 is 5.79. The number of aliphatic hydroxyl groups is 2. The van der Waals surface area contributed by atoms with Gasteiger partial charge >= 0.3 is 0 Å². The van der Waals surface area contributed by atoms with E-state index in [1.807, 2.05) is 12.2 Å². The minimum Gasteiger partial charge on any atom is -0.486 e. The lowest BCUT2D eigenvalue weighted by atomic mass is 9.89. The highest BCUT2D eigenvalue weighted by Crippen LogP contribution is 2.43. The Kier molecular flexibility index (Phi) is 7.50. The maximum atomic E-state index is 12.6. The van der Waals surface area contributed by atoms with Gasteiger partial charge in [0, 0.05) is 12.3 Å². The van der Waals surface area contributed by atoms with Crippen LogP contribution < -0.4 is 0 Å². The molecule has 0 radical (unpaired) electrons. The van der Waals surface area contributed by atoms with Crippen molar-refractivity contribution in [3.05, 3.63) is 24.0 Å². The summed E-state index contributed by atoms with van der Waals surface area (Å²) in [5.41, 5.74) is 0. The van der Waals surface area contributed by atoms with Gasteiger partial charge in [-0.3, -0.25) is 4.79 Å². The van der Waals surface area contributed by atoms with E-state index in [4.69, 9.17) is 4.74 Å². The number of hydrogen-bond donors (Lipinski definition) is 2. The summed E-state index contributed by atoms with van der Waals surface area (Å²) in [7, 11) is 0. The van der Waals surface area contributed by atoms with Crippen molar-refractivity contribution in [2.24, 2.45) is 11.8 Å². The lowest BCUT2D eigenvalue weighted by Crippen LogP contribution is -2.24. The third-order valence-electron chi connectivity index (χ3n) is 5.10. The van der Waals surface area contributed by atoms with Crippen LogP contribution in [-0.2, 0) is 9.53 Å². The van der Waals surface area contributed by atoms with Gasteiger partial charge in [0.1, 0.15) is 6.10 Å². The molecule has 2 fully saturated rings. The van der Waals surface area contributed by atoms with Crippen molar-refractivity contribution in [2.75, 3.05) is 0 Å². The first-order valence-corrected chi connectivity index (χ1v) is 9.53. The van der Waals surface area contributed by atoms with E-state index in [0.29, 0.717) is 12.2 Å². The minimum atomic E-state index is -0.569. The highest BCUT2D eigenvalue weighted by molar-refractivity contribution is 5.98. The number of allylic oxidation sites excluding steroid dienone is 2. The maximum Gasteiger partial charge on any atom is 0.204 e. The Balaban J connectivity index is 1.96. The number of aliphatic hydroxyl groups excluding tert-OH is 2. The lowest BCUT2D eigenvalue weighted by molar-refractivity contribution is -0.119. The molecule has 0 amide bonds. The number of hydrogen-bond acceptors (Lipinski definition) is 4. The molecule has 1 aliphatic heterocycles. The summed E-state index contributed by atoms with van der Waals surface area (Å²) in [5.74, 6) is -0.0533. The number of rotatable bonds is 9. The summed E-state index contributed by atoms with van der Waals surface area (Å²) in [6.07, 6.45) is 11.6. The Morgan fingerprint density at radius 3 is 2.71 bits per heavy atom. The number of ketones is 1. The molecule has 1 saturated carbocycles. The number of carbonyl (C=O) groups excluding carboxylic acids is 1. The fraction of sp³-hybridized carbons (Fsp3) is 0.750. The predicted octanol–water partition coefficient (Wildman–Crippen LogP) is 3.52. The van der Waals surface area contributed by atoms with Gasteiger partial charge in [-0.1, -0.05) is 51.7 Å². The number of Topliss-reactive ketones (excluding diaryl/α,β-unsaturated/α-hetero) is 1. The fourth-order valence-electron chi connectivity index (χ4n) is 3.67. The summed E-state index contributed by atoms with van der Waals surface area (Å²) in [6, 6.07) is 0. The summed E-state index contributed by atoms with van der Waals surface area (Å²) >= 11 is 0. The molecular weight excluding hydrogens is 304 g/mol. The molecule has 2 aliphatic rings. The topological polar surface area (TPSA) is 66.8 Å². The van der Waals surface area contributed by atoms with Crippen molar-refractivity contribution < 1.29 is 19.7 Å². The average Bonchev–Trinajstić information content (AvgIpc) is 3.02. The molecule has 2 N–H and O–H groups in total. The van der Waals surface area contributed by atoms with Gasteiger partial charge in [-0.2, -0.15) is 0 Å². The van der Waals surface area contributed by atoms with Gasteiger partial charge in [-0.25, -0.2) is 0 Å². The molecule has 0 unspecified atom stereocenters. The summed E-state index contributed by atoms with van der Waals surface area (Å²) in [4.78, 5) is 12.6. The van der Waals surface area contributed by atoms with Crippen LogP contribution in [0, 0.1) is 11.8 Å². The van der Waals surface area contributed by atoms with Crippen LogP contribution in [-0.4, -0.2) is 34.3 Å². The van der Waals surface area contributed by atoms with Crippen LogP contribution in [0.25, 0.3) is 0 Å². The van der Waals surface area contributed by atoms with E-state index >= 15 is 0 Å². The molecule has 1 saturated heterocycles. The molecule has 4 heteroatoms. The Hall–Kier alpha value is -1.13. The van der Waals surface area contributed by atoms with Gasteiger partial charge < -0.3 is 14.9 Å². The molecule has 1 heterocycles. The summed E-state index contributed by atoms with van der Waals surface area (Å²) in [5, 5.41) is 20.3. The number of fused-ring (bicyclic) bond motifs is 1. The second kappa shape index (κ2) is 9.38. The van der Waals surface area contributed by atoms with Crippen molar-refractivity contribution in [1.29, 1.82) is 0 Å². The van der Waals surface area contributed by atoms with E-state index in [1.54, 1.807) is 6.08 Å². The Bertz CT molecular complexity index is 468. The van der Waals surface area contributed by atoms with E-state index in [2.05, 4.69) is 13.8 Å². The van der Waals surface area contributed by atoms with Gasteiger partial charge in [-0.15, -0.1) is 0 Å². The fourth-order valence-corrected chi connectivity index (χ4v) is 3.67. The highest BCUT2D eigenvalue weighted by Gasteiger charge is 2.52. The molecule has 24 heavy (non-hydrogen) atoms. The highest BCUT2D eigenvalue weighted by atomic mass is 16.5. The quantitative estimate of drug-likeness (QED) is 0.384. The minimum absolute atomic E-state index is 0.0165. The van der Waals surface area contributed by atoms with Crippen LogP contribution in [0.3, 0.4) is 0 Å². The molecule has 0 aromatic rings. The first kappa shape index (κ1) is 19.2. The van der Waals surface area contributed by atoms with Crippen LogP contribution in [0.5, 0.6) is 0 Å². The molecule has 2 rings (SSSR count). The third kappa shape index (κ3) is 4.70.